The van der Waals surface area contributed by atoms with Crippen molar-refractivity contribution in [2.75, 3.05) is 0 Å². The predicted octanol–water partition coefficient (Wildman–Crippen LogP) is 0.277. The summed E-state index contributed by atoms with van der Waals surface area (Å²) in [5.41, 5.74) is 10.5. The highest BCUT2D eigenvalue weighted by molar-refractivity contribution is 5.34. The van der Waals surface area contributed by atoms with Crippen LogP contribution in [0.4, 0.5) is 0 Å². The molecule has 0 spiro atoms. The van der Waals surface area contributed by atoms with Gasteiger partial charge in [0.1, 0.15) is 5.70 Å². The smallest absolute Gasteiger partial charge is 0.291 e. The van der Waals surface area contributed by atoms with Gasteiger partial charge in [-0.1, -0.05) is 12.2 Å². The third kappa shape index (κ3) is 2.16. The SMILES string of the molecule is CC1(N)C=CC(N)=C([N+](=O)[O-])C=C1. The van der Waals surface area contributed by atoms with E-state index in [0.29, 0.717) is 0 Å². The van der Waals surface area contributed by atoms with Crippen LogP contribution in [0.5, 0.6) is 0 Å². The number of nitro groups is 1. The quantitative estimate of drug-likeness (QED) is 0.448. The van der Waals surface area contributed by atoms with Gasteiger partial charge in [-0.3, -0.25) is 10.1 Å². The molecule has 0 aromatic carbocycles. The van der Waals surface area contributed by atoms with E-state index in [1.807, 2.05) is 0 Å². The van der Waals surface area contributed by atoms with Crippen LogP contribution < -0.4 is 11.5 Å². The first-order valence-corrected chi connectivity index (χ1v) is 3.74. The fraction of sp³-hybridized carbons (Fsp3) is 0.250. The molecule has 0 bridgehead atoms. The zero-order valence-electron chi connectivity index (χ0n) is 7.23. The first-order valence-electron chi connectivity index (χ1n) is 3.74. The third-order valence-electron chi connectivity index (χ3n) is 1.71. The number of nitrogens with zero attached hydrogens (tertiary/aromatic N) is 1. The van der Waals surface area contributed by atoms with E-state index < -0.39 is 10.5 Å². The first kappa shape index (κ1) is 9.47. The van der Waals surface area contributed by atoms with Crippen molar-refractivity contribution in [3.8, 4) is 0 Å². The molecule has 0 amide bonds. The molecule has 70 valence electrons. The van der Waals surface area contributed by atoms with Crippen molar-refractivity contribution in [2.24, 2.45) is 11.5 Å². The molecule has 1 aliphatic rings. The van der Waals surface area contributed by atoms with Crippen LogP contribution in [0.2, 0.25) is 0 Å². The molecule has 5 heteroatoms. The van der Waals surface area contributed by atoms with Gasteiger partial charge in [-0.25, -0.2) is 0 Å². The van der Waals surface area contributed by atoms with Gasteiger partial charge in [-0.2, -0.15) is 0 Å². The fourth-order valence-corrected chi connectivity index (χ4v) is 0.931. The Morgan fingerprint density at radius 1 is 1.46 bits per heavy atom. The second kappa shape index (κ2) is 3.02. The maximum atomic E-state index is 10.5. The lowest BCUT2D eigenvalue weighted by Crippen LogP contribution is -2.30. The summed E-state index contributed by atoms with van der Waals surface area (Å²) in [5.74, 6) is 0. The van der Waals surface area contributed by atoms with Crippen LogP contribution in [0, 0.1) is 10.1 Å². The number of rotatable bonds is 1. The molecule has 1 rings (SSSR count). The topological polar surface area (TPSA) is 95.2 Å². The second-order valence-electron chi connectivity index (χ2n) is 3.13. The van der Waals surface area contributed by atoms with Crippen LogP contribution in [0.15, 0.2) is 35.7 Å². The van der Waals surface area contributed by atoms with Crippen molar-refractivity contribution < 1.29 is 4.92 Å². The monoisotopic (exact) mass is 181 g/mol. The van der Waals surface area contributed by atoms with Gasteiger partial charge in [0.15, 0.2) is 0 Å². The minimum Gasteiger partial charge on any atom is -0.393 e. The Morgan fingerprint density at radius 3 is 2.54 bits per heavy atom. The Balaban J connectivity index is 3.12. The van der Waals surface area contributed by atoms with Gasteiger partial charge in [-0.05, 0) is 13.0 Å². The molecule has 0 heterocycles. The highest BCUT2D eigenvalue weighted by Gasteiger charge is 2.18. The molecule has 0 aromatic heterocycles. The molecule has 0 saturated carbocycles. The standard InChI is InChI=1S/C8H11N3O2/c1-8(10)4-2-6(9)7(3-5-8)11(12)13/h2-5H,9-10H2,1H3. The Kier molecular flexibility index (Phi) is 2.20. The van der Waals surface area contributed by atoms with Gasteiger partial charge in [0.25, 0.3) is 5.70 Å². The first-order chi connectivity index (χ1) is 5.92. The number of allylic oxidation sites excluding steroid dienone is 2. The van der Waals surface area contributed by atoms with E-state index >= 15 is 0 Å². The zero-order chi connectivity index (χ0) is 10.1. The lowest BCUT2D eigenvalue weighted by atomic mass is 10.0. The molecule has 1 unspecified atom stereocenters. The minimum absolute atomic E-state index is 0.120. The van der Waals surface area contributed by atoms with Crippen molar-refractivity contribution in [3.05, 3.63) is 45.8 Å². The molecule has 0 fully saturated rings. The minimum atomic E-state index is -0.678. The molecule has 1 aliphatic carbocycles. The summed E-state index contributed by atoms with van der Waals surface area (Å²) in [5, 5.41) is 10.5. The fourth-order valence-electron chi connectivity index (χ4n) is 0.931. The summed E-state index contributed by atoms with van der Waals surface area (Å²) in [6.45, 7) is 1.73. The molecule has 0 saturated heterocycles. The predicted molar refractivity (Wildman–Crippen MR) is 49.1 cm³/mol. The van der Waals surface area contributed by atoms with Crippen LogP contribution in [-0.2, 0) is 0 Å². The van der Waals surface area contributed by atoms with Crippen LogP contribution >= 0.6 is 0 Å². The van der Waals surface area contributed by atoms with E-state index in [2.05, 4.69) is 0 Å². The zero-order valence-corrected chi connectivity index (χ0v) is 7.23. The highest BCUT2D eigenvalue weighted by atomic mass is 16.6. The van der Waals surface area contributed by atoms with E-state index in [1.54, 1.807) is 19.1 Å². The summed E-state index contributed by atoms with van der Waals surface area (Å²) >= 11 is 0. The number of hydrogen-bond acceptors (Lipinski definition) is 4. The van der Waals surface area contributed by atoms with Gasteiger partial charge < -0.3 is 11.5 Å². The lowest BCUT2D eigenvalue weighted by Gasteiger charge is -2.12. The molecule has 0 aliphatic heterocycles. The average molecular weight is 181 g/mol. The van der Waals surface area contributed by atoms with Crippen molar-refractivity contribution in [1.82, 2.24) is 0 Å². The van der Waals surface area contributed by atoms with Crippen LogP contribution in [-0.4, -0.2) is 10.5 Å². The maximum Gasteiger partial charge on any atom is 0.291 e. The van der Waals surface area contributed by atoms with Gasteiger partial charge in [0.05, 0.1) is 10.5 Å². The molecule has 0 radical (unpaired) electrons. The number of nitrogens with two attached hydrogens (primary N) is 2. The van der Waals surface area contributed by atoms with E-state index in [9.17, 15) is 10.1 Å². The molecule has 1 atom stereocenters. The average Bonchev–Trinajstić information content (AvgIpc) is 2.11. The van der Waals surface area contributed by atoms with E-state index in [-0.39, 0.29) is 11.4 Å². The largest absolute Gasteiger partial charge is 0.393 e. The Labute approximate surface area is 75.6 Å². The maximum absolute atomic E-state index is 10.5. The van der Waals surface area contributed by atoms with E-state index in [0.717, 1.165) is 0 Å². The molecular formula is C8H11N3O2. The summed E-state index contributed by atoms with van der Waals surface area (Å²) in [7, 11) is 0. The summed E-state index contributed by atoms with van der Waals surface area (Å²) in [6, 6.07) is 0. The van der Waals surface area contributed by atoms with Gasteiger partial charge >= 0.3 is 0 Å². The summed E-state index contributed by atoms with van der Waals surface area (Å²) in [4.78, 5) is 9.94. The Hall–Kier alpha value is -1.62. The van der Waals surface area contributed by atoms with Crippen LogP contribution in [0.1, 0.15) is 6.92 Å². The van der Waals surface area contributed by atoms with Crippen molar-refractivity contribution in [2.45, 2.75) is 12.5 Å². The lowest BCUT2D eigenvalue weighted by molar-refractivity contribution is -0.420. The van der Waals surface area contributed by atoms with Crippen LogP contribution in [0.25, 0.3) is 0 Å². The van der Waals surface area contributed by atoms with Crippen molar-refractivity contribution in [1.29, 1.82) is 0 Å². The highest BCUT2D eigenvalue weighted by Crippen LogP contribution is 2.14. The molecule has 4 N–H and O–H groups in total. The van der Waals surface area contributed by atoms with E-state index in [4.69, 9.17) is 11.5 Å². The Bertz CT molecular complexity index is 326. The normalized spacial score (nSPS) is 27.5. The van der Waals surface area contributed by atoms with E-state index in [1.165, 1.54) is 12.2 Å². The van der Waals surface area contributed by atoms with Crippen molar-refractivity contribution >= 4 is 0 Å². The molecule has 5 nitrogen and oxygen atoms in total. The molecule has 0 aromatic rings. The summed E-state index contributed by atoms with van der Waals surface area (Å²) in [6.07, 6.45) is 5.95. The van der Waals surface area contributed by atoms with Crippen LogP contribution in [0.3, 0.4) is 0 Å². The summed E-state index contributed by atoms with van der Waals surface area (Å²) < 4.78 is 0. The van der Waals surface area contributed by atoms with Gasteiger partial charge in [0.2, 0.25) is 0 Å². The third-order valence-corrected chi connectivity index (χ3v) is 1.71. The second-order valence-corrected chi connectivity index (χ2v) is 3.13. The molecular weight excluding hydrogens is 170 g/mol. The molecule has 13 heavy (non-hydrogen) atoms. The number of hydrogen-bond donors (Lipinski definition) is 2. The van der Waals surface area contributed by atoms with Gasteiger partial charge in [-0.15, -0.1) is 0 Å². The van der Waals surface area contributed by atoms with Gasteiger partial charge in [0, 0.05) is 6.08 Å². The van der Waals surface area contributed by atoms with Crippen molar-refractivity contribution in [3.63, 3.8) is 0 Å². The Morgan fingerprint density at radius 2 is 2.00 bits per heavy atom.